The minimum absolute atomic E-state index is 0.0204. The van der Waals surface area contributed by atoms with Gasteiger partial charge in [-0.05, 0) is 48.2 Å². The normalized spacial score (nSPS) is 13.1. The maximum atomic E-state index is 13.6. The van der Waals surface area contributed by atoms with E-state index in [1.54, 1.807) is 19.9 Å². The molecule has 2 nitrogen and oxygen atoms in total. The maximum absolute atomic E-state index is 13.6. The van der Waals surface area contributed by atoms with Crippen molar-refractivity contribution < 1.29 is 17.6 Å². The smallest absolute Gasteiger partial charge is 0.230 e. The standard InChI is InChI=1S/C16H14F4N2S2/c1-3-22(24-15-10(2)8-13(9-21)23-15)14(16(18,19)20)11-4-6-12(17)7-5-11/h4-8,14H,3H2,1-2H3. The van der Waals surface area contributed by atoms with Crippen molar-refractivity contribution in [1.82, 2.24) is 4.31 Å². The van der Waals surface area contributed by atoms with Gasteiger partial charge in [-0.1, -0.05) is 19.1 Å². The number of hydrogen-bond donors (Lipinski definition) is 0. The molecule has 0 aliphatic rings. The predicted octanol–water partition coefficient (Wildman–Crippen LogP) is 5.70. The Morgan fingerprint density at radius 2 is 1.92 bits per heavy atom. The van der Waals surface area contributed by atoms with Crippen molar-refractivity contribution >= 4 is 23.3 Å². The summed E-state index contributed by atoms with van der Waals surface area (Å²) in [6, 6.07) is 6.14. The molecule has 0 spiro atoms. The number of rotatable bonds is 5. The van der Waals surface area contributed by atoms with Crippen LogP contribution in [0.5, 0.6) is 0 Å². The topological polar surface area (TPSA) is 27.0 Å². The van der Waals surface area contributed by atoms with Gasteiger partial charge in [0.1, 0.15) is 22.8 Å². The molecule has 128 valence electrons. The number of hydrogen-bond acceptors (Lipinski definition) is 4. The number of thiophene rings is 1. The summed E-state index contributed by atoms with van der Waals surface area (Å²) in [5.74, 6) is -0.580. The monoisotopic (exact) mass is 374 g/mol. The minimum atomic E-state index is -4.51. The zero-order valence-electron chi connectivity index (χ0n) is 12.9. The van der Waals surface area contributed by atoms with Gasteiger partial charge in [-0.15, -0.1) is 11.3 Å². The lowest BCUT2D eigenvalue weighted by Crippen LogP contribution is -2.34. The van der Waals surface area contributed by atoms with Crippen molar-refractivity contribution in [3.05, 3.63) is 52.2 Å². The highest BCUT2D eigenvalue weighted by molar-refractivity contribution is 7.99. The molecule has 0 radical (unpaired) electrons. The molecular formula is C16H14F4N2S2. The molecule has 1 atom stereocenters. The summed E-state index contributed by atoms with van der Waals surface area (Å²) in [7, 11) is 0. The fourth-order valence-electron chi connectivity index (χ4n) is 2.18. The fraction of sp³-hybridized carbons (Fsp3) is 0.312. The largest absolute Gasteiger partial charge is 0.408 e. The van der Waals surface area contributed by atoms with Crippen molar-refractivity contribution in [3.63, 3.8) is 0 Å². The highest BCUT2D eigenvalue weighted by atomic mass is 32.2. The van der Waals surface area contributed by atoms with E-state index in [1.807, 2.05) is 6.07 Å². The summed E-state index contributed by atoms with van der Waals surface area (Å²) >= 11 is 2.13. The molecule has 0 aliphatic heterocycles. The molecule has 1 aromatic carbocycles. The number of halogens is 4. The van der Waals surface area contributed by atoms with E-state index in [9.17, 15) is 17.6 Å². The van der Waals surface area contributed by atoms with E-state index in [0.29, 0.717) is 9.09 Å². The Balaban J connectivity index is 2.37. The van der Waals surface area contributed by atoms with Gasteiger partial charge in [0, 0.05) is 6.54 Å². The Bertz CT molecular complexity index is 732. The predicted molar refractivity (Wildman–Crippen MR) is 87.2 cm³/mol. The van der Waals surface area contributed by atoms with E-state index < -0.39 is 18.0 Å². The van der Waals surface area contributed by atoms with Crippen LogP contribution in [-0.2, 0) is 0 Å². The molecule has 0 aliphatic carbocycles. The van der Waals surface area contributed by atoms with Crippen LogP contribution >= 0.6 is 23.3 Å². The minimum Gasteiger partial charge on any atom is -0.230 e. The summed E-state index contributed by atoms with van der Waals surface area (Å²) in [5.41, 5.74) is 0.744. The number of nitriles is 1. The number of aryl methyl sites for hydroxylation is 1. The zero-order chi connectivity index (χ0) is 17.9. The van der Waals surface area contributed by atoms with E-state index in [1.165, 1.54) is 4.31 Å². The summed E-state index contributed by atoms with van der Waals surface area (Å²) in [6.45, 7) is 3.52. The average Bonchev–Trinajstić information content (AvgIpc) is 2.87. The van der Waals surface area contributed by atoms with Gasteiger partial charge >= 0.3 is 6.18 Å². The zero-order valence-corrected chi connectivity index (χ0v) is 14.5. The number of nitrogens with zero attached hydrogens (tertiary/aromatic N) is 2. The molecule has 2 rings (SSSR count). The second-order valence-corrected chi connectivity index (χ2v) is 7.38. The van der Waals surface area contributed by atoms with E-state index in [0.717, 1.165) is 53.1 Å². The second-order valence-electron chi connectivity index (χ2n) is 5.01. The van der Waals surface area contributed by atoms with Crippen LogP contribution in [0, 0.1) is 24.1 Å². The van der Waals surface area contributed by atoms with Gasteiger partial charge in [-0.2, -0.15) is 18.4 Å². The third-order valence-electron chi connectivity index (χ3n) is 3.28. The molecule has 1 aromatic heterocycles. The van der Waals surface area contributed by atoms with E-state index in [4.69, 9.17) is 5.26 Å². The quantitative estimate of drug-likeness (QED) is 0.496. The van der Waals surface area contributed by atoms with Crippen molar-refractivity contribution in [2.45, 2.75) is 30.3 Å². The molecule has 0 saturated heterocycles. The molecule has 1 heterocycles. The summed E-state index contributed by atoms with van der Waals surface area (Å²) in [5, 5.41) is 8.93. The molecule has 0 N–H and O–H groups in total. The summed E-state index contributed by atoms with van der Waals surface area (Å²) in [4.78, 5) is 0.455. The molecule has 0 fully saturated rings. The highest BCUT2D eigenvalue weighted by Gasteiger charge is 2.45. The van der Waals surface area contributed by atoms with E-state index >= 15 is 0 Å². The second kappa shape index (κ2) is 7.55. The van der Waals surface area contributed by atoms with Gasteiger partial charge in [0.2, 0.25) is 0 Å². The van der Waals surface area contributed by atoms with Crippen LogP contribution in [0.25, 0.3) is 0 Å². The highest BCUT2D eigenvalue weighted by Crippen LogP contribution is 2.44. The molecule has 0 saturated carbocycles. The number of benzene rings is 1. The average molecular weight is 374 g/mol. The molecule has 24 heavy (non-hydrogen) atoms. The Labute approximate surface area is 145 Å². The van der Waals surface area contributed by atoms with E-state index in [2.05, 4.69) is 0 Å². The van der Waals surface area contributed by atoms with Gasteiger partial charge in [0.25, 0.3) is 0 Å². The van der Waals surface area contributed by atoms with Gasteiger partial charge in [0.05, 0.1) is 4.21 Å². The van der Waals surface area contributed by atoms with Crippen molar-refractivity contribution in [2.75, 3.05) is 6.54 Å². The first-order chi connectivity index (χ1) is 11.3. The van der Waals surface area contributed by atoms with Gasteiger partial charge in [-0.25, -0.2) is 8.70 Å². The SMILES string of the molecule is CCN(Sc1sc(C#N)cc1C)C(c1ccc(F)cc1)C(F)(F)F. The lowest BCUT2D eigenvalue weighted by atomic mass is 10.1. The molecule has 0 amide bonds. The third-order valence-corrected chi connectivity index (χ3v) is 5.88. The van der Waals surface area contributed by atoms with E-state index in [-0.39, 0.29) is 12.1 Å². The third kappa shape index (κ3) is 4.29. The van der Waals surface area contributed by atoms with Crippen molar-refractivity contribution in [2.24, 2.45) is 0 Å². The van der Waals surface area contributed by atoms with Crippen molar-refractivity contribution in [1.29, 1.82) is 5.26 Å². The molecular weight excluding hydrogens is 360 g/mol. The first kappa shape index (κ1) is 18.8. The molecule has 8 heteroatoms. The summed E-state index contributed by atoms with van der Waals surface area (Å²) < 4.78 is 55.7. The van der Waals surface area contributed by atoms with Crippen LogP contribution in [0.4, 0.5) is 17.6 Å². The van der Waals surface area contributed by atoms with Crippen LogP contribution in [0.15, 0.2) is 34.5 Å². The van der Waals surface area contributed by atoms with Crippen LogP contribution in [-0.4, -0.2) is 17.0 Å². The molecule has 2 aromatic rings. The van der Waals surface area contributed by atoms with Gasteiger partial charge in [0.15, 0.2) is 0 Å². The fourth-order valence-corrected chi connectivity index (χ4v) is 4.48. The lowest BCUT2D eigenvalue weighted by molar-refractivity contribution is -0.172. The van der Waals surface area contributed by atoms with Crippen molar-refractivity contribution in [3.8, 4) is 6.07 Å². The number of alkyl halides is 3. The first-order valence-electron chi connectivity index (χ1n) is 7.03. The molecule has 1 unspecified atom stereocenters. The van der Waals surface area contributed by atoms with Crippen LogP contribution < -0.4 is 0 Å². The Kier molecular flexibility index (Phi) is 5.91. The summed E-state index contributed by atoms with van der Waals surface area (Å²) in [6.07, 6.45) is -4.51. The van der Waals surface area contributed by atoms with Crippen LogP contribution in [0.2, 0.25) is 0 Å². The van der Waals surface area contributed by atoms with Crippen LogP contribution in [0.1, 0.15) is 29.0 Å². The Morgan fingerprint density at radius 3 is 2.38 bits per heavy atom. The first-order valence-corrected chi connectivity index (χ1v) is 8.62. The van der Waals surface area contributed by atoms with Gasteiger partial charge in [-0.3, -0.25) is 0 Å². The lowest BCUT2D eigenvalue weighted by Gasteiger charge is -2.31. The Morgan fingerprint density at radius 1 is 1.29 bits per heavy atom. The maximum Gasteiger partial charge on any atom is 0.408 e. The molecule has 0 bridgehead atoms. The van der Waals surface area contributed by atoms with Crippen LogP contribution in [0.3, 0.4) is 0 Å². The van der Waals surface area contributed by atoms with Gasteiger partial charge < -0.3 is 0 Å². The Hall–Kier alpha value is -1.56.